The van der Waals surface area contributed by atoms with Crippen molar-refractivity contribution in [2.75, 3.05) is 27.2 Å². The van der Waals surface area contributed by atoms with Gasteiger partial charge in [-0.1, -0.05) is 15.9 Å². The molecule has 5 nitrogen and oxygen atoms in total. The molecule has 1 atom stereocenters. The van der Waals surface area contributed by atoms with Gasteiger partial charge in [0, 0.05) is 11.0 Å². The number of fused-ring (bicyclic) bond motifs is 1. The molecule has 1 aliphatic heterocycles. The van der Waals surface area contributed by atoms with E-state index in [1.165, 1.54) is 0 Å². The highest BCUT2D eigenvalue weighted by atomic mass is 79.9. The minimum atomic E-state index is -1.14. The van der Waals surface area contributed by atoms with Gasteiger partial charge in [0.1, 0.15) is 0 Å². The van der Waals surface area contributed by atoms with Crippen LogP contribution in [0.25, 0.3) is 0 Å². The smallest absolute Gasteiger partial charge is 0.261 e. The Hall–Kier alpha value is -1.24. The van der Waals surface area contributed by atoms with E-state index in [2.05, 4.69) is 15.9 Å². The van der Waals surface area contributed by atoms with Crippen LogP contribution in [0, 0.1) is 0 Å². The van der Waals surface area contributed by atoms with Gasteiger partial charge in [0.15, 0.2) is 0 Å². The van der Waals surface area contributed by atoms with Crippen LogP contribution in [0.2, 0.25) is 0 Å². The topological polar surface area (TPSA) is 60.9 Å². The van der Waals surface area contributed by atoms with Crippen LogP contribution in [0.4, 0.5) is 0 Å². The Balaban J connectivity index is 2.25. The van der Waals surface area contributed by atoms with Gasteiger partial charge < -0.3 is 10.0 Å². The van der Waals surface area contributed by atoms with Crippen molar-refractivity contribution in [2.24, 2.45) is 0 Å². The average Bonchev–Trinajstić information content (AvgIpc) is 2.52. The standard InChI is InChI=1S/C14H17BrN2O3/c1-14(20,7-16(2)3)8-17-12(18)10-5-4-9(15)6-11(10)13(17)19/h4-6,20H,7-8H2,1-3H3. The van der Waals surface area contributed by atoms with Crippen LogP contribution in [0.15, 0.2) is 22.7 Å². The second kappa shape index (κ2) is 5.27. The first-order valence-corrected chi connectivity index (χ1v) is 7.03. The van der Waals surface area contributed by atoms with Crippen molar-refractivity contribution in [3.05, 3.63) is 33.8 Å². The van der Waals surface area contributed by atoms with Crippen molar-refractivity contribution in [1.29, 1.82) is 0 Å². The molecule has 0 saturated carbocycles. The Kier molecular flexibility index (Phi) is 4.00. The number of hydrogen-bond acceptors (Lipinski definition) is 4. The molecule has 0 saturated heterocycles. The van der Waals surface area contributed by atoms with Crippen molar-refractivity contribution in [1.82, 2.24) is 9.80 Å². The molecule has 1 aromatic rings. The molecule has 108 valence electrons. The average molecular weight is 341 g/mol. The lowest BCUT2D eigenvalue weighted by molar-refractivity contribution is 0.00474. The molecule has 0 fully saturated rings. The zero-order chi connectivity index (χ0) is 15.1. The molecule has 1 heterocycles. The van der Waals surface area contributed by atoms with Crippen molar-refractivity contribution in [2.45, 2.75) is 12.5 Å². The van der Waals surface area contributed by atoms with E-state index in [4.69, 9.17) is 0 Å². The molecule has 1 aliphatic rings. The monoisotopic (exact) mass is 340 g/mol. The molecule has 2 rings (SSSR count). The van der Waals surface area contributed by atoms with Crippen LogP contribution in [-0.2, 0) is 0 Å². The van der Waals surface area contributed by atoms with Gasteiger partial charge in [0.25, 0.3) is 11.8 Å². The highest BCUT2D eigenvalue weighted by Crippen LogP contribution is 2.27. The van der Waals surface area contributed by atoms with E-state index in [0.29, 0.717) is 17.7 Å². The van der Waals surface area contributed by atoms with E-state index in [-0.39, 0.29) is 18.4 Å². The summed E-state index contributed by atoms with van der Waals surface area (Å²) < 4.78 is 0.749. The third kappa shape index (κ3) is 2.92. The van der Waals surface area contributed by atoms with E-state index in [0.717, 1.165) is 9.37 Å². The minimum Gasteiger partial charge on any atom is -0.387 e. The molecule has 2 amide bonds. The van der Waals surface area contributed by atoms with E-state index < -0.39 is 5.60 Å². The van der Waals surface area contributed by atoms with Gasteiger partial charge in [-0.25, -0.2) is 0 Å². The number of carbonyl (C=O) groups is 2. The summed E-state index contributed by atoms with van der Waals surface area (Å²) in [6, 6.07) is 4.99. The predicted octanol–water partition coefficient (Wildman–Crippen LogP) is 1.36. The first-order chi connectivity index (χ1) is 9.21. The normalized spacial score (nSPS) is 17.6. The number of hydrogen-bond donors (Lipinski definition) is 1. The fraction of sp³-hybridized carbons (Fsp3) is 0.429. The summed E-state index contributed by atoms with van der Waals surface area (Å²) in [5, 5.41) is 10.3. The number of rotatable bonds is 4. The zero-order valence-electron chi connectivity index (χ0n) is 11.7. The number of imide groups is 1. The number of β-amino-alcohol motifs (C(OH)–C–C–N with tert-alkyl or cyclic N) is 1. The summed E-state index contributed by atoms with van der Waals surface area (Å²) in [6.07, 6.45) is 0. The summed E-state index contributed by atoms with van der Waals surface area (Å²) in [6.45, 7) is 1.96. The molecule has 0 aliphatic carbocycles. The summed E-state index contributed by atoms with van der Waals surface area (Å²) in [4.78, 5) is 27.5. The first-order valence-electron chi connectivity index (χ1n) is 6.24. The maximum Gasteiger partial charge on any atom is 0.261 e. The maximum atomic E-state index is 12.3. The Morgan fingerprint density at radius 2 is 1.85 bits per heavy atom. The quantitative estimate of drug-likeness (QED) is 0.840. The SMILES string of the molecule is CN(C)CC(C)(O)CN1C(=O)c2ccc(Br)cc2C1=O. The predicted molar refractivity (Wildman–Crippen MR) is 78.7 cm³/mol. The van der Waals surface area contributed by atoms with Crippen molar-refractivity contribution in [3.63, 3.8) is 0 Å². The van der Waals surface area contributed by atoms with Gasteiger partial charge in [-0.3, -0.25) is 14.5 Å². The molecule has 0 aromatic heterocycles. The van der Waals surface area contributed by atoms with E-state index >= 15 is 0 Å². The van der Waals surface area contributed by atoms with E-state index in [1.807, 2.05) is 19.0 Å². The number of aliphatic hydroxyl groups is 1. The van der Waals surface area contributed by atoms with Crippen LogP contribution < -0.4 is 0 Å². The minimum absolute atomic E-state index is 0.0187. The maximum absolute atomic E-state index is 12.3. The fourth-order valence-corrected chi connectivity index (χ4v) is 2.84. The van der Waals surface area contributed by atoms with Crippen LogP contribution in [-0.4, -0.2) is 59.5 Å². The van der Waals surface area contributed by atoms with E-state index in [9.17, 15) is 14.7 Å². The molecule has 1 unspecified atom stereocenters. The second-order valence-corrected chi connectivity index (χ2v) is 6.54. The molecular formula is C14H17BrN2O3. The fourth-order valence-electron chi connectivity index (χ4n) is 2.48. The largest absolute Gasteiger partial charge is 0.387 e. The number of amides is 2. The van der Waals surface area contributed by atoms with Gasteiger partial charge >= 0.3 is 0 Å². The lowest BCUT2D eigenvalue weighted by atomic mass is 10.1. The second-order valence-electron chi connectivity index (χ2n) is 5.62. The van der Waals surface area contributed by atoms with Crippen LogP contribution >= 0.6 is 15.9 Å². The number of halogens is 1. The lowest BCUT2D eigenvalue weighted by Crippen LogP contribution is -2.49. The summed E-state index contributed by atoms with van der Waals surface area (Å²) in [5.41, 5.74) is -0.377. The van der Waals surface area contributed by atoms with Crippen LogP contribution in [0.3, 0.4) is 0 Å². The van der Waals surface area contributed by atoms with Gasteiger partial charge in [-0.05, 0) is 39.2 Å². The molecule has 1 aromatic carbocycles. The lowest BCUT2D eigenvalue weighted by Gasteiger charge is -2.30. The third-order valence-electron chi connectivity index (χ3n) is 3.09. The number of benzene rings is 1. The zero-order valence-corrected chi connectivity index (χ0v) is 13.3. The van der Waals surface area contributed by atoms with Gasteiger partial charge in [0.05, 0.1) is 23.3 Å². The van der Waals surface area contributed by atoms with Crippen molar-refractivity contribution >= 4 is 27.7 Å². The summed E-state index contributed by atoms with van der Waals surface area (Å²) in [5.74, 6) is -0.707. The molecule has 20 heavy (non-hydrogen) atoms. The number of likely N-dealkylation sites (N-methyl/N-ethyl adjacent to an activating group) is 1. The summed E-state index contributed by atoms with van der Waals surface area (Å²) in [7, 11) is 3.65. The van der Waals surface area contributed by atoms with Crippen LogP contribution in [0.1, 0.15) is 27.6 Å². The Bertz CT molecular complexity index is 570. The van der Waals surface area contributed by atoms with Crippen molar-refractivity contribution < 1.29 is 14.7 Å². The highest BCUT2D eigenvalue weighted by molar-refractivity contribution is 9.10. The number of nitrogens with zero attached hydrogens (tertiary/aromatic N) is 2. The van der Waals surface area contributed by atoms with Crippen molar-refractivity contribution in [3.8, 4) is 0 Å². The molecular weight excluding hydrogens is 324 g/mol. The molecule has 6 heteroatoms. The number of carbonyl (C=O) groups excluding carboxylic acids is 2. The highest BCUT2D eigenvalue weighted by Gasteiger charge is 2.39. The Morgan fingerprint density at radius 3 is 2.45 bits per heavy atom. The first kappa shape index (κ1) is 15.2. The van der Waals surface area contributed by atoms with E-state index in [1.54, 1.807) is 25.1 Å². The van der Waals surface area contributed by atoms with Gasteiger partial charge in [-0.15, -0.1) is 0 Å². The van der Waals surface area contributed by atoms with Gasteiger partial charge in [0.2, 0.25) is 0 Å². The Labute approximate surface area is 126 Å². The molecule has 0 spiro atoms. The van der Waals surface area contributed by atoms with Crippen LogP contribution in [0.5, 0.6) is 0 Å². The Morgan fingerprint density at radius 1 is 1.25 bits per heavy atom. The molecule has 0 bridgehead atoms. The van der Waals surface area contributed by atoms with Gasteiger partial charge in [-0.2, -0.15) is 0 Å². The third-order valence-corrected chi connectivity index (χ3v) is 3.58. The molecule has 0 radical (unpaired) electrons. The summed E-state index contributed by atoms with van der Waals surface area (Å²) >= 11 is 3.29. The molecule has 1 N–H and O–H groups in total.